The van der Waals surface area contributed by atoms with Crippen LogP contribution in [0.2, 0.25) is 0 Å². The zero-order valence-electron chi connectivity index (χ0n) is 13.4. The van der Waals surface area contributed by atoms with Crippen LogP contribution in [0.4, 0.5) is 4.39 Å². The molecule has 1 saturated heterocycles. The highest BCUT2D eigenvalue weighted by Gasteiger charge is 2.43. The normalized spacial score (nSPS) is 25.7. The first-order valence-corrected chi connectivity index (χ1v) is 9.12. The molecule has 0 saturated carbocycles. The molecule has 0 N–H and O–H groups in total. The molecule has 0 aliphatic carbocycles. The fourth-order valence-corrected chi connectivity index (χ4v) is 4.89. The fraction of sp³-hybridized carbons (Fsp3) is 0.471. The first-order valence-electron chi connectivity index (χ1n) is 8.24. The smallest absolute Gasteiger partial charge is 0.264 e. The molecule has 1 aromatic heterocycles. The van der Waals surface area contributed by atoms with Gasteiger partial charge in [0.2, 0.25) is 0 Å². The van der Waals surface area contributed by atoms with Crippen LogP contribution in [-0.4, -0.2) is 43.9 Å². The van der Waals surface area contributed by atoms with Crippen LogP contribution in [0.25, 0.3) is 0 Å². The molecular weight excluding hydrogens is 327 g/mol. The summed E-state index contributed by atoms with van der Waals surface area (Å²) in [4.78, 5) is 19.3. The number of piperidine rings is 1. The second-order valence-electron chi connectivity index (χ2n) is 6.57. The summed E-state index contributed by atoms with van der Waals surface area (Å²) in [5, 5.41) is 4.38. The Morgan fingerprint density at radius 3 is 2.83 bits per heavy atom. The molecule has 0 amide bonds. The van der Waals surface area contributed by atoms with E-state index in [0.717, 1.165) is 25.1 Å². The fourth-order valence-electron chi connectivity index (χ4n) is 3.66. The van der Waals surface area contributed by atoms with Crippen molar-refractivity contribution in [2.75, 3.05) is 13.1 Å². The maximum absolute atomic E-state index is 13.4. The van der Waals surface area contributed by atoms with Gasteiger partial charge in [-0.2, -0.15) is 9.78 Å². The van der Waals surface area contributed by atoms with Gasteiger partial charge in [-0.05, 0) is 43.0 Å². The van der Waals surface area contributed by atoms with Gasteiger partial charge in [0, 0.05) is 6.54 Å². The van der Waals surface area contributed by atoms with Crippen molar-refractivity contribution in [3.05, 3.63) is 42.0 Å². The summed E-state index contributed by atoms with van der Waals surface area (Å²) in [6.45, 7) is 4.14. The summed E-state index contributed by atoms with van der Waals surface area (Å²) in [6, 6.07) is 6.44. The largest absolute Gasteiger partial charge is 0.294 e. The number of fused-ring (bicyclic) bond motifs is 1. The Bertz CT molecular complexity index is 747. The van der Waals surface area contributed by atoms with Crippen molar-refractivity contribution in [3.63, 3.8) is 0 Å². The summed E-state index contributed by atoms with van der Waals surface area (Å²) in [5.41, 5.74) is 0.974. The molecule has 24 heavy (non-hydrogen) atoms. The number of thioether (sulfide) groups is 1. The van der Waals surface area contributed by atoms with E-state index in [2.05, 4.69) is 21.9 Å². The van der Waals surface area contributed by atoms with Crippen LogP contribution >= 0.6 is 11.8 Å². The molecule has 2 aliphatic heterocycles. The van der Waals surface area contributed by atoms with Crippen LogP contribution in [0, 0.1) is 11.7 Å². The highest BCUT2D eigenvalue weighted by molar-refractivity contribution is 8.00. The van der Waals surface area contributed by atoms with E-state index in [1.807, 2.05) is 0 Å². The van der Waals surface area contributed by atoms with Crippen LogP contribution in [0.3, 0.4) is 0 Å². The standard InChI is InChI=1S/C17H19FN4OS/c1-11-3-2-8-21(9-11)14(12-4-6-13(18)7-5-12)15-16(23)22-17(24-15)19-10-20-22/h4-7,10-11,14-15H,2-3,8-9H2,1H3. The highest BCUT2D eigenvalue weighted by Crippen LogP contribution is 2.41. The predicted octanol–water partition coefficient (Wildman–Crippen LogP) is 3.00. The second-order valence-corrected chi connectivity index (χ2v) is 7.68. The van der Waals surface area contributed by atoms with Crippen LogP contribution in [-0.2, 0) is 0 Å². The van der Waals surface area contributed by atoms with Gasteiger partial charge in [-0.15, -0.1) is 0 Å². The predicted molar refractivity (Wildman–Crippen MR) is 89.4 cm³/mol. The second kappa shape index (κ2) is 6.29. The Hall–Kier alpha value is -1.73. The minimum Gasteiger partial charge on any atom is -0.294 e. The molecular formula is C17H19FN4OS. The van der Waals surface area contributed by atoms with E-state index in [1.165, 1.54) is 41.3 Å². The average molecular weight is 346 g/mol. The van der Waals surface area contributed by atoms with E-state index < -0.39 is 0 Å². The average Bonchev–Trinajstić information content (AvgIpc) is 3.14. The molecule has 0 bridgehead atoms. The molecule has 7 heteroatoms. The molecule has 4 rings (SSSR count). The lowest BCUT2D eigenvalue weighted by atomic mass is 9.94. The van der Waals surface area contributed by atoms with Gasteiger partial charge in [0.05, 0.1) is 6.04 Å². The van der Waals surface area contributed by atoms with Crippen LogP contribution in [0.5, 0.6) is 0 Å². The molecule has 126 valence electrons. The summed E-state index contributed by atoms with van der Waals surface area (Å²) in [7, 11) is 0. The lowest BCUT2D eigenvalue weighted by Gasteiger charge is -2.39. The molecule has 2 aliphatic rings. The van der Waals surface area contributed by atoms with Gasteiger partial charge < -0.3 is 0 Å². The first kappa shape index (κ1) is 15.8. The number of hydrogen-bond donors (Lipinski definition) is 0. The summed E-state index contributed by atoms with van der Waals surface area (Å²) < 4.78 is 14.8. The van der Waals surface area contributed by atoms with Crippen molar-refractivity contribution in [2.24, 2.45) is 5.92 Å². The third-order valence-electron chi connectivity index (χ3n) is 4.78. The number of carbonyl (C=O) groups excluding carboxylic acids is 1. The number of aromatic nitrogens is 3. The molecule has 0 radical (unpaired) electrons. The van der Waals surface area contributed by atoms with Gasteiger partial charge in [-0.1, -0.05) is 30.8 Å². The van der Waals surface area contributed by atoms with E-state index >= 15 is 0 Å². The van der Waals surface area contributed by atoms with Gasteiger partial charge in [0.1, 0.15) is 17.4 Å². The molecule has 0 spiro atoms. The number of carbonyl (C=O) groups is 1. The van der Waals surface area contributed by atoms with Crippen LogP contribution < -0.4 is 0 Å². The zero-order valence-corrected chi connectivity index (χ0v) is 14.2. The maximum Gasteiger partial charge on any atom is 0.264 e. The molecule has 5 nitrogen and oxygen atoms in total. The summed E-state index contributed by atoms with van der Waals surface area (Å²) in [6.07, 6.45) is 3.74. The van der Waals surface area contributed by atoms with Gasteiger partial charge in [0.25, 0.3) is 5.91 Å². The van der Waals surface area contributed by atoms with Gasteiger partial charge >= 0.3 is 0 Å². The third-order valence-corrected chi connectivity index (χ3v) is 5.98. The van der Waals surface area contributed by atoms with E-state index in [9.17, 15) is 9.18 Å². The summed E-state index contributed by atoms with van der Waals surface area (Å²) in [5.74, 6) is 0.294. The first-order chi connectivity index (χ1) is 11.6. The number of halogens is 1. The maximum atomic E-state index is 13.4. The number of likely N-dealkylation sites (tertiary alicyclic amines) is 1. The highest BCUT2D eigenvalue weighted by atomic mass is 32.2. The van der Waals surface area contributed by atoms with Crippen LogP contribution in [0.1, 0.15) is 36.2 Å². The van der Waals surface area contributed by atoms with E-state index in [0.29, 0.717) is 11.1 Å². The van der Waals surface area contributed by atoms with Crippen molar-refractivity contribution in [1.82, 2.24) is 19.7 Å². The Morgan fingerprint density at radius 2 is 2.12 bits per heavy atom. The molecule has 1 aromatic carbocycles. The minimum atomic E-state index is -0.294. The van der Waals surface area contributed by atoms with E-state index in [1.54, 1.807) is 12.1 Å². The lowest BCUT2D eigenvalue weighted by Crippen LogP contribution is -2.43. The number of rotatable bonds is 3. The molecule has 1 fully saturated rings. The van der Waals surface area contributed by atoms with Gasteiger partial charge in [-0.25, -0.2) is 9.37 Å². The van der Waals surface area contributed by atoms with Crippen molar-refractivity contribution in [2.45, 2.75) is 36.2 Å². The Morgan fingerprint density at radius 1 is 1.33 bits per heavy atom. The third kappa shape index (κ3) is 2.75. The SMILES string of the molecule is CC1CCCN(C(c2ccc(F)cc2)C2Sc3ncnn3C2=O)C1. The molecule has 3 atom stereocenters. The van der Waals surface area contributed by atoms with Crippen molar-refractivity contribution >= 4 is 17.7 Å². The monoisotopic (exact) mass is 346 g/mol. The molecule has 2 aromatic rings. The van der Waals surface area contributed by atoms with E-state index in [-0.39, 0.29) is 23.0 Å². The Balaban J connectivity index is 1.69. The van der Waals surface area contributed by atoms with E-state index in [4.69, 9.17) is 0 Å². The van der Waals surface area contributed by atoms with Gasteiger partial charge in [0.15, 0.2) is 5.16 Å². The number of benzene rings is 1. The van der Waals surface area contributed by atoms with Gasteiger partial charge in [-0.3, -0.25) is 9.69 Å². The van der Waals surface area contributed by atoms with Crippen molar-refractivity contribution in [1.29, 1.82) is 0 Å². The zero-order chi connectivity index (χ0) is 16.7. The minimum absolute atomic E-state index is 0.0416. The van der Waals surface area contributed by atoms with Crippen molar-refractivity contribution < 1.29 is 9.18 Å². The summed E-state index contributed by atoms with van der Waals surface area (Å²) >= 11 is 1.46. The van der Waals surface area contributed by atoms with Crippen LogP contribution in [0.15, 0.2) is 35.7 Å². The molecule has 3 heterocycles. The molecule has 3 unspecified atom stereocenters. The van der Waals surface area contributed by atoms with Crippen molar-refractivity contribution in [3.8, 4) is 0 Å². The number of nitrogens with zero attached hydrogens (tertiary/aromatic N) is 4. The topological polar surface area (TPSA) is 51.0 Å². The number of hydrogen-bond acceptors (Lipinski definition) is 5. The Kier molecular flexibility index (Phi) is 4.14. The Labute approximate surface area is 144 Å². The quantitative estimate of drug-likeness (QED) is 0.855. The lowest BCUT2D eigenvalue weighted by molar-refractivity contribution is 0.0788.